The van der Waals surface area contributed by atoms with Gasteiger partial charge in [-0.1, -0.05) is 24.3 Å². The molecule has 0 saturated heterocycles. The number of fused-ring (bicyclic) bond motifs is 1. The number of H-pyrrole nitrogens is 2. The number of hydrogen-bond donors (Lipinski definition) is 2. The maximum absolute atomic E-state index is 11.3. The van der Waals surface area contributed by atoms with Gasteiger partial charge in [-0.2, -0.15) is 0 Å². The Labute approximate surface area is 115 Å². The molecule has 4 nitrogen and oxygen atoms in total. The minimum absolute atomic E-state index is 0.215. The fourth-order valence-corrected chi connectivity index (χ4v) is 2.69. The SMILES string of the molecule is Cc1cc2[nH]c(=O)[nH]c2nc1-c1ccc(C2CC2)cc1. The fraction of sp³-hybridized carbons (Fsp3) is 0.250. The highest BCUT2D eigenvalue weighted by atomic mass is 16.1. The molecule has 4 rings (SSSR count). The highest BCUT2D eigenvalue weighted by Gasteiger charge is 2.23. The third-order valence-corrected chi connectivity index (χ3v) is 3.93. The summed E-state index contributed by atoms with van der Waals surface area (Å²) in [5, 5.41) is 0. The molecule has 1 saturated carbocycles. The zero-order chi connectivity index (χ0) is 13.7. The van der Waals surface area contributed by atoms with Gasteiger partial charge in [0, 0.05) is 5.56 Å². The smallest absolute Gasteiger partial charge is 0.304 e. The molecule has 1 aromatic carbocycles. The Balaban J connectivity index is 1.83. The van der Waals surface area contributed by atoms with E-state index < -0.39 is 0 Å². The number of aromatic nitrogens is 3. The first-order chi connectivity index (χ1) is 9.70. The Bertz CT molecular complexity index is 838. The second-order valence-electron chi connectivity index (χ2n) is 5.53. The number of nitrogens with one attached hydrogen (secondary N) is 2. The van der Waals surface area contributed by atoms with Crippen LogP contribution in [0.15, 0.2) is 35.1 Å². The minimum Gasteiger partial charge on any atom is -0.304 e. The molecule has 0 aliphatic heterocycles. The zero-order valence-electron chi connectivity index (χ0n) is 11.2. The third-order valence-electron chi connectivity index (χ3n) is 3.93. The van der Waals surface area contributed by atoms with Crippen molar-refractivity contribution >= 4 is 11.2 Å². The topological polar surface area (TPSA) is 61.5 Å². The number of imidazole rings is 1. The predicted molar refractivity (Wildman–Crippen MR) is 78.9 cm³/mol. The van der Waals surface area contributed by atoms with Crippen molar-refractivity contribution in [2.75, 3.05) is 0 Å². The molecular formula is C16H15N3O. The van der Waals surface area contributed by atoms with E-state index >= 15 is 0 Å². The number of rotatable bonds is 2. The molecule has 2 N–H and O–H groups in total. The standard InChI is InChI=1S/C16H15N3O/c1-9-8-13-15(19-16(20)17-13)18-14(9)12-6-4-11(5-7-12)10-2-3-10/h4-8,10H,2-3H2,1H3,(H2,17,18,19,20). The quantitative estimate of drug-likeness (QED) is 0.748. The van der Waals surface area contributed by atoms with E-state index in [2.05, 4.69) is 39.2 Å². The van der Waals surface area contributed by atoms with Gasteiger partial charge < -0.3 is 4.98 Å². The van der Waals surface area contributed by atoms with Crippen molar-refractivity contribution in [2.45, 2.75) is 25.7 Å². The van der Waals surface area contributed by atoms with Crippen molar-refractivity contribution in [1.82, 2.24) is 15.0 Å². The first-order valence-electron chi connectivity index (χ1n) is 6.91. The average molecular weight is 265 g/mol. The summed E-state index contributed by atoms with van der Waals surface area (Å²) in [6, 6.07) is 10.6. The third kappa shape index (κ3) is 1.84. The summed E-state index contributed by atoms with van der Waals surface area (Å²) in [6.45, 7) is 2.02. The van der Waals surface area contributed by atoms with E-state index in [1.54, 1.807) is 0 Å². The molecule has 3 aromatic rings. The first kappa shape index (κ1) is 11.5. The van der Waals surface area contributed by atoms with Crippen LogP contribution < -0.4 is 5.69 Å². The van der Waals surface area contributed by atoms with E-state index in [4.69, 9.17) is 0 Å². The average Bonchev–Trinajstić information content (AvgIpc) is 3.21. The van der Waals surface area contributed by atoms with E-state index in [9.17, 15) is 4.79 Å². The van der Waals surface area contributed by atoms with Gasteiger partial charge in [0.05, 0.1) is 11.2 Å². The van der Waals surface area contributed by atoms with Gasteiger partial charge >= 0.3 is 5.69 Å². The summed E-state index contributed by atoms with van der Waals surface area (Å²) in [5.74, 6) is 0.765. The molecule has 4 heteroatoms. The number of benzene rings is 1. The van der Waals surface area contributed by atoms with Crippen molar-refractivity contribution in [2.24, 2.45) is 0 Å². The highest BCUT2D eigenvalue weighted by Crippen LogP contribution is 2.40. The lowest BCUT2D eigenvalue weighted by Gasteiger charge is -2.06. The van der Waals surface area contributed by atoms with Crippen LogP contribution in [0.4, 0.5) is 0 Å². The zero-order valence-corrected chi connectivity index (χ0v) is 11.2. The van der Waals surface area contributed by atoms with Crippen LogP contribution in [0.3, 0.4) is 0 Å². The number of aryl methyl sites for hydroxylation is 1. The molecule has 20 heavy (non-hydrogen) atoms. The van der Waals surface area contributed by atoms with Crippen LogP contribution in [0, 0.1) is 6.92 Å². The number of aromatic amines is 2. The monoisotopic (exact) mass is 265 g/mol. The lowest BCUT2D eigenvalue weighted by Crippen LogP contribution is -1.99. The van der Waals surface area contributed by atoms with Gasteiger partial charge in [-0.05, 0) is 42.9 Å². The van der Waals surface area contributed by atoms with Crippen LogP contribution in [-0.4, -0.2) is 15.0 Å². The maximum Gasteiger partial charge on any atom is 0.325 e. The molecule has 0 bridgehead atoms. The van der Waals surface area contributed by atoms with E-state index in [0.29, 0.717) is 5.65 Å². The first-order valence-corrected chi connectivity index (χ1v) is 6.91. The summed E-state index contributed by atoms with van der Waals surface area (Å²) in [7, 11) is 0. The molecule has 0 radical (unpaired) electrons. The number of pyridine rings is 1. The van der Waals surface area contributed by atoms with Crippen LogP contribution in [0.2, 0.25) is 0 Å². The summed E-state index contributed by atoms with van der Waals surface area (Å²) < 4.78 is 0. The summed E-state index contributed by atoms with van der Waals surface area (Å²) in [6.07, 6.45) is 2.63. The highest BCUT2D eigenvalue weighted by molar-refractivity contribution is 5.77. The van der Waals surface area contributed by atoms with Gasteiger partial charge in [0.15, 0.2) is 5.65 Å². The normalized spacial score (nSPS) is 14.8. The maximum atomic E-state index is 11.3. The van der Waals surface area contributed by atoms with Crippen LogP contribution in [0.1, 0.15) is 29.9 Å². The van der Waals surface area contributed by atoms with Gasteiger partial charge in [-0.25, -0.2) is 9.78 Å². The Kier molecular flexibility index (Phi) is 2.33. The summed E-state index contributed by atoms with van der Waals surface area (Å²) >= 11 is 0. The van der Waals surface area contributed by atoms with Gasteiger partial charge in [0.1, 0.15) is 0 Å². The molecule has 2 aromatic heterocycles. The van der Waals surface area contributed by atoms with Crippen molar-refractivity contribution < 1.29 is 0 Å². The van der Waals surface area contributed by atoms with E-state index in [0.717, 1.165) is 28.3 Å². The molecule has 2 heterocycles. The molecule has 0 amide bonds. The van der Waals surface area contributed by atoms with Crippen molar-refractivity contribution in [3.8, 4) is 11.3 Å². The molecule has 0 unspecified atom stereocenters. The molecule has 1 fully saturated rings. The molecule has 100 valence electrons. The van der Waals surface area contributed by atoms with Crippen molar-refractivity contribution in [1.29, 1.82) is 0 Å². The molecule has 0 atom stereocenters. The Morgan fingerprint density at radius 3 is 2.60 bits per heavy atom. The van der Waals surface area contributed by atoms with Crippen molar-refractivity contribution in [3.63, 3.8) is 0 Å². The summed E-state index contributed by atoms with van der Waals surface area (Å²) in [5.41, 5.74) is 5.65. The van der Waals surface area contributed by atoms with Crippen LogP contribution in [-0.2, 0) is 0 Å². The lowest BCUT2D eigenvalue weighted by molar-refractivity contribution is 1.13. The van der Waals surface area contributed by atoms with E-state index in [1.165, 1.54) is 18.4 Å². The minimum atomic E-state index is -0.215. The van der Waals surface area contributed by atoms with E-state index in [1.807, 2.05) is 13.0 Å². The van der Waals surface area contributed by atoms with Gasteiger partial charge in [-0.3, -0.25) is 4.98 Å². The molecular weight excluding hydrogens is 250 g/mol. The predicted octanol–water partition coefficient (Wildman–Crippen LogP) is 3.10. The van der Waals surface area contributed by atoms with Gasteiger partial charge in [-0.15, -0.1) is 0 Å². The van der Waals surface area contributed by atoms with E-state index in [-0.39, 0.29) is 5.69 Å². The van der Waals surface area contributed by atoms with Crippen LogP contribution in [0.25, 0.3) is 22.4 Å². The van der Waals surface area contributed by atoms with Gasteiger partial charge in [0.25, 0.3) is 0 Å². The second kappa shape index (κ2) is 4.07. The number of hydrogen-bond acceptors (Lipinski definition) is 2. The fourth-order valence-electron chi connectivity index (χ4n) is 2.69. The summed E-state index contributed by atoms with van der Waals surface area (Å²) in [4.78, 5) is 21.3. The van der Waals surface area contributed by atoms with Crippen LogP contribution >= 0.6 is 0 Å². The molecule has 1 aliphatic rings. The Hall–Kier alpha value is -2.36. The van der Waals surface area contributed by atoms with Crippen molar-refractivity contribution in [3.05, 3.63) is 51.9 Å². The van der Waals surface area contributed by atoms with Gasteiger partial charge in [0.2, 0.25) is 0 Å². The number of nitrogens with zero attached hydrogens (tertiary/aromatic N) is 1. The van der Waals surface area contributed by atoms with Crippen LogP contribution in [0.5, 0.6) is 0 Å². The molecule has 1 aliphatic carbocycles. The second-order valence-corrected chi connectivity index (χ2v) is 5.53. The molecule has 0 spiro atoms. The Morgan fingerprint density at radius 1 is 1.15 bits per heavy atom. The lowest BCUT2D eigenvalue weighted by atomic mass is 10.0. The largest absolute Gasteiger partial charge is 0.325 e. The Morgan fingerprint density at radius 2 is 1.90 bits per heavy atom.